The van der Waals surface area contributed by atoms with E-state index in [9.17, 15) is 0 Å². The van der Waals surface area contributed by atoms with Crippen LogP contribution in [-0.2, 0) is 0 Å². The molecule has 3 rings (SSSR count). The summed E-state index contributed by atoms with van der Waals surface area (Å²) in [4.78, 5) is 4.02. The third-order valence-corrected chi connectivity index (χ3v) is 3.86. The highest BCUT2D eigenvalue weighted by Crippen LogP contribution is 2.38. The van der Waals surface area contributed by atoms with Crippen molar-refractivity contribution in [3.8, 4) is 0 Å². The van der Waals surface area contributed by atoms with E-state index in [2.05, 4.69) is 27.8 Å². The molecule has 2 aliphatic rings. The number of rotatable bonds is 2. The molecule has 0 saturated heterocycles. The van der Waals surface area contributed by atoms with Crippen LogP contribution in [0.15, 0.2) is 30.5 Å². The predicted molar refractivity (Wildman–Crippen MR) is 77.1 cm³/mol. The van der Waals surface area contributed by atoms with Crippen molar-refractivity contribution in [1.82, 2.24) is 10.3 Å². The Morgan fingerprint density at radius 1 is 1.33 bits per heavy atom. The van der Waals surface area contributed by atoms with Crippen LogP contribution in [0.25, 0.3) is 0 Å². The molecule has 2 unspecified atom stereocenters. The lowest BCUT2D eigenvalue weighted by atomic mass is 10.0. The molecule has 18 heavy (non-hydrogen) atoms. The Bertz CT molecular complexity index is 482. The number of hydrogen-bond acceptors (Lipinski definition) is 3. The number of nitrogens with two attached hydrogens (primary N) is 1. The zero-order valence-corrected chi connectivity index (χ0v) is 10.8. The summed E-state index contributed by atoms with van der Waals surface area (Å²) in [5.74, 6) is 1.89. The first-order valence-electron chi connectivity index (χ1n) is 6.18. The Labute approximate surface area is 112 Å². The van der Waals surface area contributed by atoms with Gasteiger partial charge in [-0.1, -0.05) is 12.2 Å². The van der Waals surface area contributed by atoms with Crippen molar-refractivity contribution in [2.75, 3.05) is 11.1 Å². The summed E-state index contributed by atoms with van der Waals surface area (Å²) in [6.07, 6.45) is 8.76. The van der Waals surface area contributed by atoms with Crippen LogP contribution in [0, 0.1) is 11.8 Å². The van der Waals surface area contributed by atoms with Gasteiger partial charge in [-0.2, -0.15) is 0 Å². The molecule has 0 aliphatic heterocycles. The molecular weight excluding hydrogens is 244 g/mol. The summed E-state index contributed by atoms with van der Waals surface area (Å²) >= 11 is 5.32. The summed E-state index contributed by atoms with van der Waals surface area (Å²) < 4.78 is 0. The Hall–Kier alpha value is -1.62. The smallest absolute Gasteiger partial charge is 0.171 e. The number of nitrogen functional groups attached to an aromatic ring is 1. The predicted octanol–water partition coefficient (Wildman–Crippen LogP) is 1.91. The lowest BCUT2D eigenvalue weighted by Crippen LogP contribution is -2.40. The van der Waals surface area contributed by atoms with E-state index in [0.29, 0.717) is 22.9 Å². The largest absolute Gasteiger partial charge is 0.384 e. The van der Waals surface area contributed by atoms with Crippen molar-refractivity contribution in [3.05, 3.63) is 30.5 Å². The van der Waals surface area contributed by atoms with Crippen LogP contribution in [0.5, 0.6) is 0 Å². The molecule has 4 nitrogen and oxygen atoms in total. The maximum atomic E-state index is 5.54. The van der Waals surface area contributed by atoms with Gasteiger partial charge in [0.25, 0.3) is 0 Å². The van der Waals surface area contributed by atoms with Crippen LogP contribution in [0.4, 0.5) is 11.5 Å². The molecule has 1 aromatic heterocycles. The molecule has 1 aromatic rings. The van der Waals surface area contributed by atoms with Crippen molar-refractivity contribution in [3.63, 3.8) is 0 Å². The minimum atomic E-state index is 0.474. The Balaban J connectivity index is 1.56. The number of thiocarbonyl (C=S) groups is 1. The monoisotopic (exact) mass is 260 g/mol. The standard InChI is InChI=1S/C13H16N4S/c14-12-4-3-10(7-15-12)16-13(18)17-11-6-8-1-2-9(11)5-8/h1-4,7-9,11H,5-6H2,(H2,14,15)(H2,16,17,18)/t8?,9?,11-/m0/s1. The van der Waals surface area contributed by atoms with E-state index >= 15 is 0 Å². The van der Waals surface area contributed by atoms with E-state index in [4.69, 9.17) is 18.0 Å². The molecule has 5 heteroatoms. The molecular formula is C13H16N4S. The summed E-state index contributed by atoms with van der Waals surface area (Å²) in [5, 5.41) is 7.18. The van der Waals surface area contributed by atoms with Gasteiger partial charge >= 0.3 is 0 Å². The summed E-state index contributed by atoms with van der Waals surface area (Å²) in [6.45, 7) is 0. The molecule has 0 aromatic carbocycles. The normalized spacial score (nSPS) is 28.3. The number of fused-ring (bicyclic) bond motifs is 2. The molecule has 1 fully saturated rings. The minimum Gasteiger partial charge on any atom is -0.384 e. The maximum absolute atomic E-state index is 5.54. The first-order valence-corrected chi connectivity index (χ1v) is 6.59. The first-order chi connectivity index (χ1) is 8.70. The van der Waals surface area contributed by atoms with E-state index in [1.807, 2.05) is 6.07 Å². The fraction of sp³-hybridized carbons (Fsp3) is 0.385. The molecule has 0 radical (unpaired) electrons. The minimum absolute atomic E-state index is 0.474. The molecule has 1 saturated carbocycles. The Morgan fingerprint density at radius 3 is 2.83 bits per heavy atom. The van der Waals surface area contributed by atoms with Gasteiger partial charge in [0, 0.05) is 6.04 Å². The highest BCUT2D eigenvalue weighted by molar-refractivity contribution is 7.80. The van der Waals surface area contributed by atoms with Gasteiger partial charge in [0.15, 0.2) is 5.11 Å². The van der Waals surface area contributed by atoms with Gasteiger partial charge in [0.2, 0.25) is 0 Å². The molecule has 94 valence electrons. The van der Waals surface area contributed by atoms with Crippen LogP contribution >= 0.6 is 12.2 Å². The van der Waals surface area contributed by atoms with Crippen LogP contribution < -0.4 is 16.4 Å². The Morgan fingerprint density at radius 2 is 2.22 bits per heavy atom. The quantitative estimate of drug-likeness (QED) is 0.560. The number of aromatic nitrogens is 1. The highest BCUT2D eigenvalue weighted by atomic mass is 32.1. The number of hydrogen-bond donors (Lipinski definition) is 3. The van der Waals surface area contributed by atoms with Crippen LogP contribution in [0.2, 0.25) is 0 Å². The SMILES string of the molecule is Nc1ccc(NC(=S)N[C@H]2CC3C=CC2C3)cn1. The summed E-state index contributed by atoms with van der Waals surface area (Å²) in [5.41, 5.74) is 6.40. The number of nitrogens with zero attached hydrogens (tertiary/aromatic N) is 1. The highest BCUT2D eigenvalue weighted by Gasteiger charge is 2.35. The van der Waals surface area contributed by atoms with Crippen molar-refractivity contribution >= 4 is 28.8 Å². The lowest BCUT2D eigenvalue weighted by Gasteiger charge is -2.21. The van der Waals surface area contributed by atoms with Crippen molar-refractivity contribution in [2.45, 2.75) is 18.9 Å². The van der Waals surface area contributed by atoms with Crippen molar-refractivity contribution in [2.24, 2.45) is 11.8 Å². The average molecular weight is 260 g/mol. The zero-order valence-electron chi connectivity index (χ0n) is 9.97. The van der Waals surface area contributed by atoms with Gasteiger partial charge < -0.3 is 16.4 Å². The topological polar surface area (TPSA) is 63.0 Å². The zero-order chi connectivity index (χ0) is 12.5. The molecule has 2 aliphatic carbocycles. The first kappa shape index (κ1) is 11.5. The van der Waals surface area contributed by atoms with Crippen LogP contribution in [0.3, 0.4) is 0 Å². The number of nitrogens with one attached hydrogen (secondary N) is 2. The number of allylic oxidation sites excluding steroid dienone is 1. The van der Waals surface area contributed by atoms with Gasteiger partial charge in [-0.05, 0) is 49.0 Å². The number of pyridine rings is 1. The third kappa shape index (κ3) is 2.31. The van der Waals surface area contributed by atoms with Gasteiger partial charge in [-0.3, -0.25) is 0 Å². The maximum Gasteiger partial charge on any atom is 0.171 e. The summed E-state index contributed by atoms with van der Waals surface area (Å²) in [6, 6.07) is 4.10. The van der Waals surface area contributed by atoms with Gasteiger partial charge in [0.05, 0.1) is 11.9 Å². The molecule has 2 bridgehead atoms. The van der Waals surface area contributed by atoms with Crippen LogP contribution in [-0.4, -0.2) is 16.1 Å². The molecule has 0 amide bonds. The van der Waals surface area contributed by atoms with Crippen molar-refractivity contribution in [1.29, 1.82) is 0 Å². The van der Waals surface area contributed by atoms with Crippen LogP contribution in [0.1, 0.15) is 12.8 Å². The second kappa shape index (κ2) is 4.57. The number of anilines is 2. The second-order valence-corrected chi connectivity index (χ2v) is 5.37. The lowest BCUT2D eigenvalue weighted by molar-refractivity contribution is 0.526. The molecule has 4 N–H and O–H groups in total. The van der Waals surface area contributed by atoms with Gasteiger partial charge in [-0.15, -0.1) is 0 Å². The molecule has 3 atom stereocenters. The molecule has 0 spiro atoms. The fourth-order valence-corrected chi connectivity index (χ4v) is 3.03. The van der Waals surface area contributed by atoms with Gasteiger partial charge in [0.1, 0.15) is 5.82 Å². The second-order valence-electron chi connectivity index (χ2n) is 4.96. The van der Waals surface area contributed by atoms with Gasteiger partial charge in [-0.25, -0.2) is 4.98 Å². The van der Waals surface area contributed by atoms with E-state index in [-0.39, 0.29) is 0 Å². The Kier molecular flexibility index (Phi) is 2.91. The fourth-order valence-electron chi connectivity index (χ4n) is 2.76. The molecule has 1 heterocycles. The third-order valence-electron chi connectivity index (χ3n) is 3.64. The summed E-state index contributed by atoms with van der Waals surface area (Å²) in [7, 11) is 0. The van der Waals surface area contributed by atoms with E-state index in [1.165, 1.54) is 12.8 Å². The van der Waals surface area contributed by atoms with E-state index in [1.54, 1.807) is 12.3 Å². The van der Waals surface area contributed by atoms with E-state index < -0.39 is 0 Å². The van der Waals surface area contributed by atoms with E-state index in [0.717, 1.165) is 11.6 Å². The average Bonchev–Trinajstić information content (AvgIpc) is 2.94. The van der Waals surface area contributed by atoms with Crippen molar-refractivity contribution < 1.29 is 0 Å².